The summed E-state index contributed by atoms with van der Waals surface area (Å²) >= 11 is 0. The third-order valence-corrected chi connectivity index (χ3v) is 4.86. The second-order valence-electron chi connectivity index (χ2n) is 4.79. The zero-order valence-electron chi connectivity index (χ0n) is 12.0. The van der Waals surface area contributed by atoms with E-state index in [1.54, 1.807) is 6.07 Å². The van der Waals surface area contributed by atoms with E-state index >= 15 is 0 Å². The monoisotopic (exact) mass is 370 g/mol. The highest BCUT2D eigenvalue weighted by Crippen LogP contribution is 2.31. The Labute approximate surface area is 136 Å². The largest absolute Gasteiger partial charge is 0.325 e. The zero-order chi connectivity index (χ0) is 18.3. The summed E-state index contributed by atoms with van der Waals surface area (Å²) in [6.07, 6.45) is 0. The van der Waals surface area contributed by atoms with Gasteiger partial charge in [0.2, 0.25) is 0 Å². The SMILES string of the molecule is Cc1cc(-c2cc(S(=O)(=O)O)ccc2S(=O)(=O)O)c(C#N)c(=O)[nH]1. The molecule has 24 heavy (non-hydrogen) atoms. The van der Waals surface area contributed by atoms with Crippen LogP contribution < -0.4 is 5.56 Å². The molecule has 11 heteroatoms. The van der Waals surface area contributed by atoms with Crippen LogP contribution in [0.25, 0.3) is 11.1 Å². The van der Waals surface area contributed by atoms with Crippen LogP contribution >= 0.6 is 0 Å². The maximum Gasteiger partial charge on any atom is 0.295 e. The topological polar surface area (TPSA) is 165 Å². The minimum atomic E-state index is -4.79. The lowest BCUT2D eigenvalue weighted by Crippen LogP contribution is -2.14. The van der Waals surface area contributed by atoms with Gasteiger partial charge < -0.3 is 4.98 Å². The molecule has 1 aromatic heterocycles. The lowest BCUT2D eigenvalue weighted by Gasteiger charge is -2.11. The first-order chi connectivity index (χ1) is 10.9. The molecular formula is C13H10N2O7S2. The number of benzene rings is 1. The molecule has 0 amide bonds. The number of hydrogen-bond acceptors (Lipinski definition) is 6. The van der Waals surface area contributed by atoms with Gasteiger partial charge in [0.1, 0.15) is 16.5 Å². The molecule has 0 saturated carbocycles. The van der Waals surface area contributed by atoms with Crippen LogP contribution in [0.15, 0.2) is 38.9 Å². The van der Waals surface area contributed by atoms with E-state index in [9.17, 15) is 26.2 Å². The number of H-pyrrole nitrogens is 1. The molecule has 0 aliphatic rings. The quantitative estimate of drug-likeness (QED) is 0.664. The molecule has 0 radical (unpaired) electrons. The van der Waals surface area contributed by atoms with Crippen molar-refractivity contribution in [3.8, 4) is 17.2 Å². The smallest absolute Gasteiger partial charge is 0.295 e. The van der Waals surface area contributed by atoms with Crippen molar-refractivity contribution in [2.45, 2.75) is 16.7 Å². The Hall–Kier alpha value is -2.52. The van der Waals surface area contributed by atoms with Crippen molar-refractivity contribution in [3.63, 3.8) is 0 Å². The molecule has 2 rings (SSSR count). The van der Waals surface area contributed by atoms with Gasteiger partial charge in [0.05, 0.1) is 4.90 Å². The van der Waals surface area contributed by atoms with E-state index < -0.39 is 46.7 Å². The van der Waals surface area contributed by atoms with E-state index in [2.05, 4.69) is 4.98 Å². The molecule has 0 saturated heterocycles. The molecule has 0 bridgehead atoms. The van der Waals surface area contributed by atoms with Crippen LogP contribution in [0.5, 0.6) is 0 Å². The summed E-state index contributed by atoms with van der Waals surface area (Å²) in [5.74, 6) is 0. The molecular weight excluding hydrogens is 360 g/mol. The number of aromatic amines is 1. The first-order valence-electron chi connectivity index (χ1n) is 6.18. The first kappa shape index (κ1) is 17.8. The van der Waals surface area contributed by atoms with Crippen molar-refractivity contribution >= 4 is 20.2 Å². The molecule has 0 fully saturated rings. The summed E-state index contributed by atoms with van der Waals surface area (Å²) in [4.78, 5) is 12.8. The highest BCUT2D eigenvalue weighted by atomic mass is 32.2. The molecule has 0 aliphatic heterocycles. The van der Waals surface area contributed by atoms with Gasteiger partial charge in [-0.15, -0.1) is 0 Å². The fraction of sp³-hybridized carbons (Fsp3) is 0.0769. The number of nitriles is 1. The first-order valence-corrected chi connectivity index (χ1v) is 9.06. The summed E-state index contributed by atoms with van der Waals surface area (Å²) in [5.41, 5.74) is -1.62. The summed E-state index contributed by atoms with van der Waals surface area (Å²) in [5, 5.41) is 9.12. The van der Waals surface area contributed by atoms with Crippen molar-refractivity contribution in [3.05, 3.63) is 45.9 Å². The lowest BCUT2D eigenvalue weighted by atomic mass is 10.0. The number of rotatable bonds is 3. The van der Waals surface area contributed by atoms with Gasteiger partial charge in [-0.1, -0.05) is 0 Å². The van der Waals surface area contributed by atoms with E-state index in [1.807, 2.05) is 0 Å². The van der Waals surface area contributed by atoms with Crippen LogP contribution in [-0.4, -0.2) is 30.9 Å². The van der Waals surface area contributed by atoms with Gasteiger partial charge in [0, 0.05) is 16.8 Å². The van der Waals surface area contributed by atoms with Gasteiger partial charge in [-0.3, -0.25) is 13.9 Å². The van der Waals surface area contributed by atoms with E-state index in [-0.39, 0.29) is 11.3 Å². The number of aryl methyl sites for hydroxylation is 1. The Bertz CT molecular complexity index is 1140. The molecule has 1 aromatic carbocycles. The summed E-state index contributed by atoms with van der Waals surface area (Å²) in [7, 11) is -9.47. The number of pyridine rings is 1. The molecule has 9 nitrogen and oxygen atoms in total. The molecule has 0 spiro atoms. The van der Waals surface area contributed by atoms with E-state index in [0.29, 0.717) is 0 Å². The van der Waals surface area contributed by atoms with Gasteiger partial charge in [0.25, 0.3) is 25.8 Å². The summed E-state index contributed by atoms with van der Waals surface area (Å²) in [6.45, 7) is 1.46. The summed E-state index contributed by atoms with van der Waals surface area (Å²) in [6, 6.07) is 5.13. The van der Waals surface area contributed by atoms with E-state index in [4.69, 9.17) is 9.81 Å². The number of nitrogens with one attached hydrogen (secondary N) is 1. The van der Waals surface area contributed by atoms with E-state index in [0.717, 1.165) is 18.2 Å². The van der Waals surface area contributed by atoms with Crippen LogP contribution in [0.1, 0.15) is 11.3 Å². The van der Waals surface area contributed by atoms with Gasteiger partial charge in [-0.2, -0.15) is 22.1 Å². The normalized spacial score (nSPS) is 11.9. The fourth-order valence-electron chi connectivity index (χ4n) is 2.12. The Morgan fingerprint density at radius 3 is 2.17 bits per heavy atom. The van der Waals surface area contributed by atoms with Crippen LogP contribution in [0.3, 0.4) is 0 Å². The van der Waals surface area contributed by atoms with Gasteiger partial charge >= 0.3 is 0 Å². The molecule has 0 unspecified atom stereocenters. The zero-order valence-corrected chi connectivity index (χ0v) is 13.6. The van der Waals surface area contributed by atoms with Crippen LogP contribution in [-0.2, 0) is 20.2 Å². The highest BCUT2D eigenvalue weighted by Gasteiger charge is 2.23. The Morgan fingerprint density at radius 1 is 1.04 bits per heavy atom. The van der Waals surface area contributed by atoms with Crippen molar-refractivity contribution in [2.75, 3.05) is 0 Å². The number of aromatic nitrogens is 1. The van der Waals surface area contributed by atoms with Gasteiger partial charge in [0.15, 0.2) is 0 Å². The Balaban J connectivity index is 3.03. The van der Waals surface area contributed by atoms with Crippen molar-refractivity contribution in [1.29, 1.82) is 5.26 Å². The molecule has 1 heterocycles. The van der Waals surface area contributed by atoms with Gasteiger partial charge in [-0.05, 0) is 31.2 Å². The maximum atomic E-state index is 11.9. The number of hydrogen-bond donors (Lipinski definition) is 3. The second kappa shape index (κ2) is 5.84. The third-order valence-electron chi connectivity index (χ3n) is 3.10. The highest BCUT2D eigenvalue weighted by molar-refractivity contribution is 7.86. The second-order valence-corrected chi connectivity index (χ2v) is 7.60. The van der Waals surface area contributed by atoms with Gasteiger partial charge in [-0.25, -0.2) is 0 Å². The van der Waals surface area contributed by atoms with Crippen LogP contribution in [0, 0.1) is 18.3 Å². The average Bonchev–Trinajstić information content (AvgIpc) is 2.44. The van der Waals surface area contributed by atoms with Crippen LogP contribution in [0.2, 0.25) is 0 Å². The van der Waals surface area contributed by atoms with E-state index in [1.165, 1.54) is 13.0 Å². The minimum Gasteiger partial charge on any atom is -0.325 e. The molecule has 3 N–H and O–H groups in total. The number of nitrogens with zero attached hydrogens (tertiary/aromatic N) is 1. The molecule has 2 aromatic rings. The fourth-order valence-corrected chi connectivity index (χ4v) is 3.31. The maximum absolute atomic E-state index is 11.9. The van der Waals surface area contributed by atoms with Crippen LogP contribution in [0.4, 0.5) is 0 Å². The predicted octanol–water partition coefficient (Wildman–Crippen LogP) is 0.715. The summed E-state index contributed by atoms with van der Waals surface area (Å²) < 4.78 is 64.1. The molecule has 0 atom stereocenters. The van der Waals surface area contributed by atoms with Crippen molar-refractivity contribution in [2.24, 2.45) is 0 Å². The Kier molecular flexibility index (Phi) is 4.34. The lowest BCUT2D eigenvalue weighted by molar-refractivity contribution is 0.479. The minimum absolute atomic E-state index is 0.197. The predicted molar refractivity (Wildman–Crippen MR) is 81.6 cm³/mol. The molecule has 126 valence electrons. The van der Waals surface area contributed by atoms with Crippen molar-refractivity contribution in [1.82, 2.24) is 4.98 Å². The standard InChI is InChI=1S/C13H10N2O7S2/c1-7-4-9(11(6-14)13(16)15-7)10-5-8(23(17,18)19)2-3-12(10)24(20,21)22/h2-5H,1H3,(H,15,16)(H,17,18,19)(H,20,21,22). The van der Waals surface area contributed by atoms with Crippen molar-refractivity contribution < 1.29 is 25.9 Å². The third kappa shape index (κ3) is 3.36. The molecule has 0 aliphatic carbocycles. The Morgan fingerprint density at radius 2 is 1.67 bits per heavy atom. The average molecular weight is 370 g/mol.